The number of ether oxygens (including phenoxy) is 1. The summed E-state index contributed by atoms with van der Waals surface area (Å²) in [5.41, 5.74) is 7.12. The molecule has 2 aliphatic rings. The Kier molecular flexibility index (Phi) is 6.43. The second-order valence-electron chi connectivity index (χ2n) is 10.3. The van der Waals surface area contributed by atoms with Crippen molar-refractivity contribution >= 4 is 34.5 Å². The van der Waals surface area contributed by atoms with Crippen molar-refractivity contribution < 1.29 is 14.3 Å². The third-order valence-corrected chi connectivity index (χ3v) is 7.56. The summed E-state index contributed by atoms with van der Waals surface area (Å²) in [6.45, 7) is 6.19. The number of nitrogens with zero attached hydrogens (tertiary/aromatic N) is 6. The molecule has 2 atom stereocenters. The predicted molar refractivity (Wildman–Crippen MR) is 144 cm³/mol. The maximum Gasteiger partial charge on any atom is 0.312 e. The lowest BCUT2D eigenvalue weighted by Crippen LogP contribution is -2.54. The van der Waals surface area contributed by atoms with Crippen LogP contribution in [0, 0.1) is 19.8 Å². The standard InChI is InChI=1S/C28H30N8O3/c1-16-8-17(2)10-20(9-16)30-28-29-12-19-13-36(15-24(19)31-28)25-6-7-35(14-21(25)27(38)39-3)26(37)18-4-5-22-23(11-18)33-34-32-22/h4-5,8-12,21,25H,6-7,13-15H2,1-3H3,(H,29,30,31)(H,32,33,34)/t21-,25-/m1/s1. The smallest absolute Gasteiger partial charge is 0.312 e. The number of aromatic nitrogens is 5. The first-order valence-electron chi connectivity index (χ1n) is 13.0. The Hall–Kier alpha value is -4.38. The first kappa shape index (κ1) is 24.9. The largest absolute Gasteiger partial charge is 0.469 e. The van der Waals surface area contributed by atoms with Crippen molar-refractivity contribution in [3.63, 3.8) is 0 Å². The van der Waals surface area contributed by atoms with Gasteiger partial charge >= 0.3 is 5.97 Å². The van der Waals surface area contributed by atoms with Crippen LogP contribution in [0.3, 0.4) is 0 Å². The van der Waals surface area contributed by atoms with E-state index in [9.17, 15) is 9.59 Å². The monoisotopic (exact) mass is 526 g/mol. The van der Waals surface area contributed by atoms with E-state index in [-0.39, 0.29) is 24.5 Å². The highest BCUT2D eigenvalue weighted by Gasteiger charge is 2.42. The minimum Gasteiger partial charge on any atom is -0.469 e. The van der Waals surface area contributed by atoms with E-state index in [0.29, 0.717) is 48.6 Å². The van der Waals surface area contributed by atoms with E-state index in [1.165, 1.54) is 18.2 Å². The van der Waals surface area contributed by atoms with Crippen molar-refractivity contribution in [2.24, 2.45) is 5.92 Å². The fraction of sp³-hybridized carbons (Fsp3) is 0.357. The summed E-state index contributed by atoms with van der Waals surface area (Å²) in [5, 5.41) is 14.0. The first-order chi connectivity index (χ1) is 18.9. The lowest BCUT2D eigenvalue weighted by molar-refractivity contribution is -0.150. The van der Waals surface area contributed by atoms with Crippen molar-refractivity contribution in [1.82, 2.24) is 35.2 Å². The number of aryl methyl sites for hydroxylation is 2. The Bertz CT molecular complexity index is 1550. The van der Waals surface area contributed by atoms with Crippen LogP contribution in [0.2, 0.25) is 0 Å². The molecule has 6 rings (SSSR count). The van der Waals surface area contributed by atoms with Crippen molar-refractivity contribution in [3.05, 3.63) is 70.5 Å². The maximum absolute atomic E-state index is 13.3. The van der Waals surface area contributed by atoms with Gasteiger partial charge in [0, 0.05) is 55.2 Å². The van der Waals surface area contributed by atoms with Crippen molar-refractivity contribution in [2.45, 2.75) is 39.4 Å². The Morgan fingerprint density at radius 2 is 1.85 bits per heavy atom. The number of likely N-dealkylation sites (tertiary alicyclic amines) is 1. The number of amides is 1. The van der Waals surface area contributed by atoms with E-state index in [4.69, 9.17) is 9.72 Å². The summed E-state index contributed by atoms with van der Waals surface area (Å²) in [6, 6.07) is 11.4. The summed E-state index contributed by atoms with van der Waals surface area (Å²) in [5.74, 6) is -0.373. The number of hydrogen-bond acceptors (Lipinski definition) is 9. The van der Waals surface area contributed by atoms with Crippen LogP contribution in [-0.2, 0) is 22.6 Å². The van der Waals surface area contributed by atoms with Crippen LogP contribution in [-0.4, -0.2) is 73.3 Å². The van der Waals surface area contributed by atoms with Gasteiger partial charge in [0.2, 0.25) is 5.95 Å². The lowest BCUT2D eigenvalue weighted by atomic mass is 9.90. The number of piperidine rings is 1. The molecule has 0 aliphatic carbocycles. The summed E-state index contributed by atoms with van der Waals surface area (Å²) >= 11 is 0. The molecule has 11 heteroatoms. The van der Waals surface area contributed by atoms with Crippen LogP contribution in [0.5, 0.6) is 0 Å². The zero-order valence-electron chi connectivity index (χ0n) is 22.1. The van der Waals surface area contributed by atoms with Crippen molar-refractivity contribution in [3.8, 4) is 0 Å². The molecule has 2 N–H and O–H groups in total. The van der Waals surface area contributed by atoms with Crippen LogP contribution in [0.1, 0.15) is 39.2 Å². The fourth-order valence-electron chi connectivity index (χ4n) is 5.75. The first-order valence-corrected chi connectivity index (χ1v) is 13.0. The number of carbonyl (C=O) groups excluding carboxylic acids is 2. The van der Waals surface area contributed by atoms with E-state index in [1.54, 1.807) is 23.1 Å². The quantitative estimate of drug-likeness (QED) is 0.377. The van der Waals surface area contributed by atoms with Crippen molar-refractivity contribution in [2.75, 3.05) is 25.5 Å². The number of aromatic amines is 1. The zero-order chi connectivity index (χ0) is 27.1. The van der Waals surface area contributed by atoms with Crippen LogP contribution in [0.25, 0.3) is 11.0 Å². The van der Waals surface area contributed by atoms with E-state index in [2.05, 4.69) is 62.7 Å². The summed E-state index contributed by atoms with van der Waals surface area (Å²) in [4.78, 5) is 39.6. The molecule has 2 aromatic carbocycles. The van der Waals surface area contributed by atoms with Gasteiger partial charge in [0.1, 0.15) is 11.0 Å². The van der Waals surface area contributed by atoms with Crippen LogP contribution in [0.15, 0.2) is 42.6 Å². The normalized spacial score (nSPS) is 19.2. The number of carbonyl (C=O) groups is 2. The molecule has 1 fully saturated rings. The van der Waals surface area contributed by atoms with Gasteiger partial charge in [0.15, 0.2) is 0 Å². The molecule has 2 aliphatic heterocycles. The number of fused-ring (bicyclic) bond motifs is 2. The van der Waals surface area contributed by atoms with Crippen molar-refractivity contribution in [1.29, 1.82) is 0 Å². The molecule has 0 bridgehead atoms. The molecule has 4 aromatic rings. The van der Waals surface area contributed by atoms with Crippen LogP contribution >= 0.6 is 0 Å². The van der Waals surface area contributed by atoms with Gasteiger partial charge in [0.25, 0.3) is 5.91 Å². The Morgan fingerprint density at radius 1 is 1.05 bits per heavy atom. The second kappa shape index (κ2) is 10.1. The minimum atomic E-state index is -0.474. The average molecular weight is 527 g/mol. The van der Waals surface area contributed by atoms with E-state index >= 15 is 0 Å². The molecule has 0 spiro atoms. The molecular weight excluding hydrogens is 496 g/mol. The van der Waals surface area contributed by atoms with Gasteiger partial charge in [-0.25, -0.2) is 9.97 Å². The predicted octanol–water partition coefficient (Wildman–Crippen LogP) is 3.13. The summed E-state index contributed by atoms with van der Waals surface area (Å²) in [6.07, 6.45) is 2.51. The Balaban J connectivity index is 1.17. The number of nitrogens with one attached hydrogen (secondary N) is 2. The molecule has 1 amide bonds. The molecule has 200 valence electrons. The molecule has 0 unspecified atom stereocenters. The molecule has 0 radical (unpaired) electrons. The zero-order valence-corrected chi connectivity index (χ0v) is 22.1. The van der Waals surface area contributed by atoms with E-state index < -0.39 is 5.92 Å². The maximum atomic E-state index is 13.3. The van der Waals surface area contributed by atoms with Crippen LogP contribution in [0.4, 0.5) is 11.6 Å². The molecule has 1 saturated heterocycles. The number of esters is 1. The summed E-state index contributed by atoms with van der Waals surface area (Å²) < 4.78 is 5.18. The van der Waals surface area contributed by atoms with Crippen LogP contribution < -0.4 is 5.32 Å². The Labute approximate surface area is 225 Å². The summed E-state index contributed by atoms with van der Waals surface area (Å²) in [7, 11) is 1.40. The van der Waals surface area contributed by atoms with Gasteiger partial charge in [-0.15, -0.1) is 0 Å². The second-order valence-corrected chi connectivity index (χ2v) is 10.3. The minimum absolute atomic E-state index is 0.0791. The molecule has 2 aromatic heterocycles. The number of methoxy groups -OCH3 is 1. The highest BCUT2D eigenvalue weighted by molar-refractivity contribution is 5.97. The Morgan fingerprint density at radius 3 is 2.64 bits per heavy atom. The van der Waals surface area contributed by atoms with Gasteiger partial charge in [-0.2, -0.15) is 15.4 Å². The number of anilines is 2. The number of benzene rings is 2. The molecule has 0 saturated carbocycles. The topological polar surface area (TPSA) is 129 Å². The highest BCUT2D eigenvalue weighted by atomic mass is 16.5. The molecular formula is C28H30N8O3. The van der Waals surface area contributed by atoms with Gasteiger partial charge in [-0.3, -0.25) is 14.5 Å². The lowest BCUT2D eigenvalue weighted by Gasteiger charge is -2.41. The van der Waals surface area contributed by atoms with Gasteiger partial charge in [-0.1, -0.05) is 6.07 Å². The fourth-order valence-corrected chi connectivity index (χ4v) is 5.75. The van der Waals surface area contributed by atoms with E-state index in [1.807, 2.05) is 6.20 Å². The number of rotatable bonds is 5. The SMILES string of the molecule is COC(=O)[C@@H]1CN(C(=O)c2ccc3n[nH]nc3c2)CC[C@H]1N1Cc2cnc(Nc3cc(C)cc(C)c3)nc2C1. The molecule has 4 heterocycles. The third-order valence-electron chi connectivity index (χ3n) is 7.56. The number of hydrogen-bond donors (Lipinski definition) is 2. The van der Waals surface area contributed by atoms with Gasteiger partial charge in [-0.05, 0) is 61.7 Å². The molecule has 11 nitrogen and oxygen atoms in total. The van der Waals surface area contributed by atoms with E-state index in [0.717, 1.165) is 16.9 Å². The average Bonchev–Trinajstić information content (AvgIpc) is 3.57. The number of H-pyrrole nitrogens is 1. The highest BCUT2D eigenvalue weighted by Crippen LogP contribution is 2.32. The van der Waals surface area contributed by atoms with Gasteiger partial charge in [0.05, 0.1) is 18.7 Å². The van der Waals surface area contributed by atoms with Gasteiger partial charge < -0.3 is 15.0 Å². The third kappa shape index (κ3) is 4.92. The molecule has 39 heavy (non-hydrogen) atoms.